The molecule has 0 bridgehead atoms. The third-order valence-electron chi connectivity index (χ3n) is 5.27. The lowest BCUT2D eigenvalue weighted by Gasteiger charge is -2.35. The molecule has 150 valence electrons. The number of fused-ring (bicyclic) bond motifs is 1. The fourth-order valence-electron chi connectivity index (χ4n) is 3.61. The predicted octanol–water partition coefficient (Wildman–Crippen LogP) is 3.57. The number of para-hydroxylation sites is 1. The van der Waals surface area contributed by atoms with Crippen LogP contribution < -0.4 is 0 Å². The molecular weight excluding hydrogens is 356 g/mol. The Hall–Kier alpha value is -2.63. The third-order valence-corrected chi connectivity index (χ3v) is 5.27. The van der Waals surface area contributed by atoms with Gasteiger partial charge in [-0.1, -0.05) is 39.0 Å². The third kappa shape index (κ3) is 4.11. The van der Waals surface area contributed by atoms with Gasteiger partial charge in [-0.2, -0.15) is 0 Å². The van der Waals surface area contributed by atoms with Crippen molar-refractivity contribution in [2.75, 3.05) is 13.1 Å². The van der Waals surface area contributed by atoms with Gasteiger partial charge in [-0.15, -0.1) is 0 Å². The minimum Gasteiger partial charge on any atom is -0.454 e. The number of ketones is 1. The lowest BCUT2D eigenvalue weighted by Crippen LogP contribution is -2.45. The van der Waals surface area contributed by atoms with E-state index in [0.29, 0.717) is 31.5 Å². The van der Waals surface area contributed by atoms with Crippen LogP contribution >= 0.6 is 0 Å². The lowest BCUT2D eigenvalue weighted by molar-refractivity contribution is -0.155. The lowest BCUT2D eigenvalue weighted by atomic mass is 9.91. The summed E-state index contributed by atoms with van der Waals surface area (Å²) in [5.74, 6) is -0.751. The van der Waals surface area contributed by atoms with Gasteiger partial charge in [0.05, 0.1) is 5.92 Å². The average molecular weight is 384 g/mol. The number of nitrogens with one attached hydrogen (secondary N) is 1. The van der Waals surface area contributed by atoms with Crippen LogP contribution in [0, 0.1) is 11.3 Å². The fourth-order valence-corrected chi connectivity index (χ4v) is 3.61. The largest absolute Gasteiger partial charge is 0.454 e. The summed E-state index contributed by atoms with van der Waals surface area (Å²) in [5.41, 5.74) is 0.981. The Kier molecular flexibility index (Phi) is 5.59. The number of hydrogen-bond donors (Lipinski definition) is 1. The average Bonchev–Trinajstić information content (AvgIpc) is 3.10. The monoisotopic (exact) mass is 384 g/mol. The maximum atomic E-state index is 12.7. The van der Waals surface area contributed by atoms with Crippen LogP contribution in [-0.2, 0) is 14.3 Å². The predicted molar refractivity (Wildman–Crippen MR) is 107 cm³/mol. The van der Waals surface area contributed by atoms with E-state index in [0.717, 1.165) is 10.9 Å². The van der Waals surface area contributed by atoms with Crippen molar-refractivity contribution < 1.29 is 19.1 Å². The summed E-state index contributed by atoms with van der Waals surface area (Å²) in [6.07, 6.45) is 1.94. The molecule has 1 aromatic carbocycles. The summed E-state index contributed by atoms with van der Waals surface area (Å²) in [4.78, 5) is 42.5. The number of aromatic nitrogens is 1. The van der Waals surface area contributed by atoms with Crippen molar-refractivity contribution in [2.45, 2.75) is 46.6 Å². The smallest absolute Gasteiger partial charge is 0.309 e. The van der Waals surface area contributed by atoms with Gasteiger partial charge in [-0.25, -0.2) is 0 Å². The molecule has 2 aromatic rings. The molecule has 1 aliphatic heterocycles. The number of H-pyrrole nitrogens is 1. The molecule has 1 unspecified atom stereocenters. The molecule has 3 rings (SSSR count). The molecule has 1 atom stereocenters. The van der Waals surface area contributed by atoms with E-state index in [4.69, 9.17) is 4.74 Å². The maximum Gasteiger partial charge on any atom is 0.309 e. The minimum atomic E-state index is -0.846. The molecule has 1 amide bonds. The molecule has 1 fully saturated rings. The van der Waals surface area contributed by atoms with Crippen molar-refractivity contribution in [1.82, 2.24) is 9.88 Å². The normalized spacial score (nSPS) is 16.8. The molecule has 2 heterocycles. The van der Waals surface area contributed by atoms with E-state index in [-0.39, 0.29) is 23.6 Å². The summed E-state index contributed by atoms with van der Waals surface area (Å²) in [6.45, 7) is 8.39. The van der Waals surface area contributed by atoms with E-state index in [1.165, 1.54) is 0 Å². The molecule has 1 aromatic heterocycles. The van der Waals surface area contributed by atoms with Crippen molar-refractivity contribution >= 4 is 28.6 Å². The molecule has 0 aliphatic carbocycles. The van der Waals surface area contributed by atoms with E-state index in [9.17, 15) is 14.4 Å². The van der Waals surface area contributed by atoms with Crippen molar-refractivity contribution in [3.8, 4) is 0 Å². The number of amides is 1. The van der Waals surface area contributed by atoms with Gasteiger partial charge in [-0.3, -0.25) is 14.4 Å². The number of benzene rings is 1. The number of piperidine rings is 1. The number of esters is 1. The second-order valence-corrected chi connectivity index (χ2v) is 8.51. The highest BCUT2D eigenvalue weighted by molar-refractivity contribution is 6.10. The standard InChI is InChI=1S/C22H28N2O4/c1-14(19(25)17-13-23-18-8-6-5-7-16(17)18)28-20(26)15-9-11-24(12-10-15)21(27)22(2,3)4/h5-8,13-15,23H,9-12H2,1-4H3. The van der Waals surface area contributed by atoms with Crippen LogP contribution in [0.4, 0.5) is 0 Å². The van der Waals surface area contributed by atoms with Gasteiger partial charge in [0.2, 0.25) is 11.7 Å². The zero-order valence-electron chi connectivity index (χ0n) is 17.0. The molecule has 1 saturated heterocycles. The molecule has 0 spiro atoms. The number of likely N-dealkylation sites (tertiary alicyclic amines) is 1. The van der Waals surface area contributed by atoms with E-state index >= 15 is 0 Å². The molecule has 0 radical (unpaired) electrons. The first kappa shape index (κ1) is 20.1. The topological polar surface area (TPSA) is 79.5 Å². The molecule has 1 aliphatic rings. The number of aromatic amines is 1. The van der Waals surface area contributed by atoms with Gasteiger partial charge >= 0.3 is 5.97 Å². The van der Waals surface area contributed by atoms with Gasteiger partial charge in [0, 0.05) is 41.2 Å². The van der Waals surface area contributed by atoms with Crippen LogP contribution in [0.3, 0.4) is 0 Å². The number of rotatable bonds is 4. The molecular formula is C22H28N2O4. The molecule has 6 nitrogen and oxygen atoms in total. The van der Waals surface area contributed by atoms with Gasteiger partial charge < -0.3 is 14.6 Å². The zero-order valence-corrected chi connectivity index (χ0v) is 17.0. The van der Waals surface area contributed by atoms with E-state index < -0.39 is 11.5 Å². The Morgan fingerprint density at radius 2 is 1.79 bits per heavy atom. The van der Waals surface area contributed by atoms with Crippen molar-refractivity contribution in [2.24, 2.45) is 11.3 Å². The van der Waals surface area contributed by atoms with Crippen LogP contribution in [0.5, 0.6) is 0 Å². The summed E-state index contributed by atoms with van der Waals surface area (Å²) < 4.78 is 5.48. The zero-order chi connectivity index (χ0) is 20.5. The number of carbonyl (C=O) groups is 3. The Morgan fingerprint density at radius 3 is 2.43 bits per heavy atom. The summed E-state index contributed by atoms with van der Waals surface area (Å²) in [5, 5.41) is 0.824. The van der Waals surface area contributed by atoms with Crippen LogP contribution in [0.1, 0.15) is 50.9 Å². The van der Waals surface area contributed by atoms with E-state index in [2.05, 4.69) is 4.98 Å². The number of nitrogens with zero attached hydrogens (tertiary/aromatic N) is 1. The Bertz CT molecular complexity index is 885. The van der Waals surface area contributed by atoms with Gasteiger partial charge in [0.15, 0.2) is 6.10 Å². The highest BCUT2D eigenvalue weighted by atomic mass is 16.5. The number of carbonyl (C=O) groups excluding carboxylic acids is 3. The highest BCUT2D eigenvalue weighted by Crippen LogP contribution is 2.25. The number of hydrogen-bond acceptors (Lipinski definition) is 4. The van der Waals surface area contributed by atoms with E-state index in [1.54, 1.807) is 13.1 Å². The first-order valence-corrected chi connectivity index (χ1v) is 9.78. The molecule has 6 heteroatoms. The van der Waals surface area contributed by atoms with Gasteiger partial charge in [0.1, 0.15) is 0 Å². The number of Topliss-reactive ketones (excluding diaryl/α,β-unsaturated/α-hetero) is 1. The Balaban J connectivity index is 1.58. The SMILES string of the molecule is CC(OC(=O)C1CCN(C(=O)C(C)(C)C)CC1)C(=O)c1c[nH]c2ccccc12. The maximum absolute atomic E-state index is 12.7. The minimum absolute atomic E-state index is 0.0993. The Labute approximate surface area is 165 Å². The quantitative estimate of drug-likeness (QED) is 0.646. The fraction of sp³-hybridized carbons (Fsp3) is 0.500. The summed E-state index contributed by atoms with van der Waals surface area (Å²) in [6, 6.07) is 7.54. The van der Waals surface area contributed by atoms with Crippen molar-refractivity contribution in [3.05, 3.63) is 36.0 Å². The second kappa shape index (κ2) is 7.78. The van der Waals surface area contributed by atoms with Crippen LogP contribution in [-0.4, -0.2) is 46.7 Å². The molecule has 0 saturated carbocycles. The van der Waals surface area contributed by atoms with Crippen molar-refractivity contribution in [1.29, 1.82) is 0 Å². The van der Waals surface area contributed by atoms with Crippen LogP contribution in [0.15, 0.2) is 30.5 Å². The summed E-state index contributed by atoms with van der Waals surface area (Å²) >= 11 is 0. The second-order valence-electron chi connectivity index (χ2n) is 8.51. The van der Waals surface area contributed by atoms with Crippen LogP contribution in [0.25, 0.3) is 10.9 Å². The van der Waals surface area contributed by atoms with Crippen LogP contribution in [0.2, 0.25) is 0 Å². The van der Waals surface area contributed by atoms with Gasteiger partial charge in [-0.05, 0) is 25.8 Å². The van der Waals surface area contributed by atoms with E-state index in [1.807, 2.05) is 49.9 Å². The van der Waals surface area contributed by atoms with Gasteiger partial charge in [0.25, 0.3) is 0 Å². The molecule has 1 N–H and O–H groups in total. The first-order chi connectivity index (χ1) is 13.2. The number of ether oxygens (including phenoxy) is 1. The van der Waals surface area contributed by atoms with Crippen molar-refractivity contribution in [3.63, 3.8) is 0 Å². The Morgan fingerprint density at radius 1 is 1.14 bits per heavy atom. The highest BCUT2D eigenvalue weighted by Gasteiger charge is 2.34. The first-order valence-electron chi connectivity index (χ1n) is 9.78. The summed E-state index contributed by atoms with van der Waals surface area (Å²) in [7, 11) is 0. The molecule has 28 heavy (non-hydrogen) atoms.